The number of aromatic nitrogens is 3. The highest BCUT2D eigenvalue weighted by molar-refractivity contribution is 7.16. The van der Waals surface area contributed by atoms with Gasteiger partial charge in [0.15, 0.2) is 5.82 Å². The molecule has 23 heavy (non-hydrogen) atoms. The maximum atomic E-state index is 13.5. The molecule has 0 saturated carbocycles. The van der Waals surface area contributed by atoms with Gasteiger partial charge in [0.1, 0.15) is 22.5 Å². The van der Waals surface area contributed by atoms with Crippen molar-refractivity contribution in [1.29, 1.82) is 0 Å². The Kier molecular flexibility index (Phi) is 4.78. The lowest BCUT2D eigenvalue weighted by Crippen LogP contribution is -2.32. The third-order valence-corrected chi connectivity index (χ3v) is 4.23. The van der Waals surface area contributed by atoms with Gasteiger partial charge in [0.25, 0.3) is 0 Å². The molecule has 0 spiro atoms. The van der Waals surface area contributed by atoms with Crippen LogP contribution in [0, 0.1) is 5.82 Å². The zero-order chi connectivity index (χ0) is 16.2. The molecule has 3 rings (SSSR count). The van der Waals surface area contributed by atoms with E-state index >= 15 is 0 Å². The van der Waals surface area contributed by atoms with Crippen LogP contribution in [0.4, 0.5) is 10.2 Å². The van der Waals surface area contributed by atoms with Gasteiger partial charge >= 0.3 is 0 Å². The molecular formula is C16H18FN5S. The first-order chi connectivity index (χ1) is 11.1. The van der Waals surface area contributed by atoms with Crippen LogP contribution >= 0.6 is 11.3 Å². The van der Waals surface area contributed by atoms with E-state index < -0.39 is 0 Å². The maximum Gasteiger partial charge on any atom is 0.159 e. The molecule has 3 aromatic rings. The smallest absolute Gasteiger partial charge is 0.159 e. The first-order valence-corrected chi connectivity index (χ1v) is 8.20. The largest absolute Gasteiger partial charge is 0.349 e. The molecule has 0 aliphatic carbocycles. The maximum absolute atomic E-state index is 13.5. The van der Waals surface area contributed by atoms with E-state index in [2.05, 4.69) is 24.8 Å². The van der Waals surface area contributed by atoms with E-state index in [1.807, 2.05) is 20.2 Å². The second kappa shape index (κ2) is 6.97. The Morgan fingerprint density at radius 3 is 2.78 bits per heavy atom. The fraction of sp³-hybridized carbons (Fsp3) is 0.312. The molecule has 0 atom stereocenters. The van der Waals surface area contributed by atoms with Crippen LogP contribution in [0.15, 0.2) is 36.1 Å². The molecule has 0 saturated heterocycles. The van der Waals surface area contributed by atoms with Crippen molar-refractivity contribution < 1.29 is 4.39 Å². The van der Waals surface area contributed by atoms with Gasteiger partial charge in [0.05, 0.1) is 5.51 Å². The predicted octanol–water partition coefficient (Wildman–Crippen LogP) is 2.79. The van der Waals surface area contributed by atoms with E-state index in [1.165, 1.54) is 17.4 Å². The summed E-state index contributed by atoms with van der Waals surface area (Å²) in [5.41, 5.74) is 3.48. The minimum absolute atomic E-state index is 0.225. The summed E-state index contributed by atoms with van der Waals surface area (Å²) in [5.74, 6) is 0.568. The van der Waals surface area contributed by atoms with Gasteiger partial charge in [-0.3, -0.25) is 0 Å². The summed E-state index contributed by atoms with van der Waals surface area (Å²) in [7, 11) is 4.05. The molecular weight excluding hydrogens is 313 g/mol. The lowest BCUT2D eigenvalue weighted by Gasteiger charge is -2.25. The summed E-state index contributed by atoms with van der Waals surface area (Å²) in [5, 5.41) is 0. The standard InChI is InChI=1S/C16H18FN5S/c1-21(2)6-7-22(9-12-4-3-5-13(17)8-12)15-14-16(19-10-18-15)23-11-20-14/h3-5,8,10-11H,6-7,9H2,1-2H3. The monoisotopic (exact) mass is 331 g/mol. The molecule has 0 N–H and O–H groups in total. The SMILES string of the molecule is CN(C)CCN(Cc1cccc(F)c1)c1ncnc2scnc12. The summed E-state index contributed by atoms with van der Waals surface area (Å²) in [6.07, 6.45) is 1.56. The number of hydrogen-bond donors (Lipinski definition) is 0. The molecule has 120 valence electrons. The third-order valence-electron chi connectivity index (χ3n) is 3.49. The van der Waals surface area contributed by atoms with E-state index in [-0.39, 0.29) is 5.82 Å². The fourth-order valence-corrected chi connectivity index (χ4v) is 2.97. The summed E-state index contributed by atoms with van der Waals surface area (Å²) in [6.45, 7) is 2.22. The second-order valence-electron chi connectivity index (χ2n) is 5.56. The number of likely N-dealkylation sites (N-methyl/N-ethyl adjacent to an activating group) is 1. The molecule has 5 nitrogen and oxygen atoms in total. The quantitative estimate of drug-likeness (QED) is 0.695. The van der Waals surface area contributed by atoms with Crippen molar-refractivity contribution in [3.8, 4) is 0 Å². The highest BCUT2D eigenvalue weighted by atomic mass is 32.1. The zero-order valence-corrected chi connectivity index (χ0v) is 13.9. The Hall–Kier alpha value is -2.12. The lowest BCUT2D eigenvalue weighted by molar-refractivity contribution is 0.412. The summed E-state index contributed by atoms with van der Waals surface area (Å²) in [4.78, 5) is 18.2. The van der Waals surface area contributed by atoms with E-state index in [0.717, 1.165) is 34.8 Å². The van der Waals surface area contributed by atoms with Crippen LogP contribution in [-0.2, 0) is 6.54 Å². The highest BCUT2D eigenvalue weighted by Gasteiger charge is 2.15. The van der Waals surface area contributed by atoms with Gasteiger partial charge in [-0.25, -0.2) is 19.3 Å². The Balaban J connectivity index is 1.93. The molecule has 1 aromatic carbocycles. The van der Waals surface area contributed by atoms with Crippen LogP contribution in [0.25, 0.3) is 10.3 Å². The number of hydrogen-bond acceptors (Lipinski definition) is 6. The Labute approximate surface area is 138 Å². The van der Waals surface area contributed by atoms with Gasteiger partial charge in [-0.2, -0.15) is 0 Å². The molecule has 0 unspecified atom stereocenters. The number of rotatable bonds is 6. The molecule has 7 heteroatoms. The minimum Gasteiger partial charge on any atom is -0.349 e. The van der Waals surface area contributed by atoms with E-state index in [4.69, 9.17) is 0 Å². The van der Waals surface area contributed by atoms with Crippen molar-refractivity contribution in [2.24, 2.45) is 0 Å². The first kappa shape index (κ1) is 15.8. The van der Waals surface area contributed by atoms with Crippen LogP contribution in [0.3, 0.4) is 0 Å². The van der Waals surface area contributed by atoms with Crippen molar-refractivity contribution in [2.45, 2.75) is 6.54 Å². The van der Waals surface area contributed by atoms with Crippen molar-refractivity contribution in [3.05, 3.63) is 47.5 Å². The zero-order valence-electron chi connectivity index (χ0n) is 13.1. The van der Waals surface area contributed by atoms with Gasteiger partial charge in [0, 0.05) is 19.6 Å². The van der Waals surface area contributed by atoms with Crippen LogP contribution < -0.4 is 4.90 Å². The van der Waals surface area contributed by atoms with E-state index in [1.54, 1.807) is 24.0 Å². The highest BCUT2D eigenvalue weighted by Crippen LogP contribution is 2.25. The van der Waals surface area contributed by atoms with Crippen LogP contribution in [0.2, 0.25) is 0 Å². The molecule has 2 aromatic heterocycles. The number of thiazole rings is 1. The molecule has 0 amide bonds. The molecule has 2 heterocycles. The summed E-state index contributed by atoms with van der Waals surface area (Å²) >= 11 is 1.49. The first-order valence-electron chi connectivity index (χ1n) is 7.32. The number of benzene rings is 1. The number of nitrogens with zero attached hydrogens (tertiary/aromatic N) is 5. The molecule has 0 fully saturated rings. The minimum atomic E-state index is -0.225. The number of fused-ring (bicyclic) bond motifs is 1. The third kappa shape index (κ3) is 3.80. The lowest BCUT2D eigenvalue weighted by atomic mass is 10.2. The second-order valence-corrected chi connectivity index (χ2v) is 6.39. The molecule has 0 radical (unpaired) electrons. The fourth-order valence-electron chi connectivity index (χ4n) is 2.35. The predicted molar refractivity (Wildman–Crippen MR) is 91.2 cm³/mol. The summed E-state index contributed by atoms with van der Waals surface area (Å²) < 4.78 is 13.5. The summed E-state index contributed by atoms with van der Waals surface area (Å²) in [6, 6.07) is 6.66. The van der Waals surface area contributed by atoms with Crippen molar-refractivity contribution >= 4 is 27.5 Å². The van der Waals surface area contributed by atoms with Crippen LogP contribution in [0.5, 0.6) is 0 Å². The van der Waals surface area contributed by atoms with Crippen LogP contribution in [-0.4, -0.2) is 47.0 Å². The van der Waals surface area contributed by atoms with E-state index in [0.29, 0.717) is 6.54 Å². The molecule has 0 aliphatic heterocycles. The van der Waals surface area contributed by atoms with Gasteiger partial charge in [-0.05, 0) is 31.8 Å². The van der Waals surface area contributed by atoms with Gasteiger partial charge in [-0.1, -0.05) is 12.1 Å². The average Bonchev–Trinajstić information content (AvgIpc) is 3.00. The average molecular weight is 331 g/mol. The molecule has 0 bridgehead atoms. The van der Waals surface area contributed by atoms with Crippen molar-refractivity contribution in [3.63, 3.8) is 0 Å². The number of halogens is 1. The number of anilines is 1. The van der Waals surface area contributed by atoms with Gasteiger partial charge < -0.3 is 9.80 Å². The Morgan fingerprint density at radius 1 is 1.13 bits per heavy atom. The van der Waals surface area contributed by atoms with E-state index in [9.17, 15) is 4.39 Å². The van der Waals surface area contributed by atoms with Crippen LogP contribution in [0.1, 0.15) is 5.56 Å². The Morgan fingerprint density at radius 2 is 2.00 bits per heavy atom. The van der Waals surface area contributed by atoms with Gasteiger partial charge in [-0.15, -0.1) is 11.3 Å². The normalized spacial score (nSPS) is 11.3. The van der Waals surface area contributed by atoms with Crippen molar-refractivity contribution in [2.75, 3.05) is 32.1 Å². The topological polar surface area (TPSA) is 45.2 Å². The van der Waals surface area contributed by atoms with Crippen molar-refractivity contribution in [1.82, 2.24) is 19.9 Å². The molecule has 0 aliphatic rings. The van der Waals surface area contributed by atoms with Gasteiger partial charge in [0.2, 0.25) is 0 Å². The Bertz CT molecular complexity index is 789.